The molecular formula is C15H27N3. The first-order chi connectivity index (χ1) is 8.85. The van der Waals surface area contributed by atoms with E-state index in [4.69, 9.17) is 0 Å². The van der Waals surface area contributed by atoms with E-state index in [9.17, 15) is 0 Å². The molecule has 1 aromatic heterocycles. The fraction of sp³-hybridized carbons (Fsp3) is 0.800. The van der Waals surface area contributed by atoms with Crippen LogP contribution < -0.4 is 5.32 Å². The zero-order chi connectivity index (χ0) is 12.8. The van der Waals surface area contributed by atoms with Crippen molar-refractivity contribution in [3.63, 3.8) is 0 Å². The van der Waals surface area contributed by atoms with Crippen molar-refractivity contribution < 1.29 is 0 Å². The van der Waals surface area contributed by atoms with Crippen LogP contribution in [0.3, 0.4) is 0 Å². The zero-order valence-electron chi connectivity index (χ0n) is 11.9. The van der Waals surface area contributed by atoms with Crippen molar-refractivity contribution in [2.45, 2.75) is 71.5 Å². The molecule has 1 aliphatic rings. The highest BCUT2D eigenvalue weighted by molar-refractivity contribution is 4.93. The summed E-state index contributed by atoms with van der Waals surface area (Å²) in [4.78, 5) is 4.47. The van der Waals surface area contributed by atoms with Crippen LogP contribution in [0.4, 0.5) is 0 Å². The summed E-state index contributed by atoms with van der Waals surface area (Å²) in [7, 11) is 0. The molecule has 3 heteroatoms. The van der Waals surface area contributed by atoms with Crippen molar-refractivity contribution >= 4 is 0 Å². The molecule has 2 unspecified atom stereocenters. The van der Waals surface area contributed by atoms with Gasteiger partial charge < -0.3 is 9.88 Å². The van der Waals surface area contributed by atoms with Crippen molar-refractivity contribution in [1.82, 2.24) is 14.9 Å². The van der Waals surface area contributed by atoms with Gasteiger partial charge in [-0.25, -0.2) is 4.98 Å². The molecule has 1 fully saturated rings. The minimum atomic E-state index is 0.704. The monoisotopic (exact) mass is 249 g/mol. The van der Waals surface area contributed by atoms with E-state index in [0.717, 1.165) is 19.0 Å². The third-order valence-corrected chi connectivity index (χ3v) is 4.22. The highest BCUT2D eigenvalue weighted by Crippen LogP contribution is 2.26. The van der Waals surface area contributed by atoms with E-state index < -0.39 is 0 Å². The molecule has 1 heterocycles. The number of hydrogen-bond acceptors (Lipinski definition) is 2. The zero-order valence-corrected chi connectivity index (χ0v) is 11.9. The first-order valence-corrected chi connectivity index (χ1v) is 7.58. The summed E-state index contributed by atoms with van der Waals surface area (Å²) >= 11 is 0. The molecule has 2 atom stereocenters. The number of aromatic nitrogens is 2. The van der Waals surface area contributed by atoms with Gasteiger partial charge in [-0.15, -0.1) is 0 Å². The summed E-state index contributed by atoms with van der Waals surface area (Å²) in [5.41, 5.74) is 0. The van der Waals surface area contributed by atoms with Gasteiger partial charge in [0.25, 0.3) is 0 Å². The molecule has 1 saturated carbocycles. The van der Waals surface area contributed by atoms with E-state index >= 15 is 0 Å². The second-order valence-corrected chi connectivity index (χ2v) is 5.48. The molecule has 0 spiro atoms. The molecule has 0 bridgehead atoms. The molecule has 18 heavy (non-hydrogen) atoms. The Balaban J connectivity index is 1.87. The normalized spacial score (nSPS) is 24.3. The second-order valence-electron chi connectivity index (χ2n) is 5.48. The number of nitrogens with zero attached hydrogens (tertiary/aromatic N) is 2. The molecule has 1 aliphatic carbocycles. The van der Waals surface area contributed by atoms with Gasteiger partial charge in [-0.1, -0.05) is 33.1 Å². The van der Waals surface area contributed by atoms with Gasteiger partial charge in [0.1, 0.15) is 5.82 Å². The molecule has 2 rings (SSSR count). The number of rotatable bonds is 6. The highest BCUT2D eigenvalue weighted by Gasteiger charge is 2.23. The fourth-order valence-electron chi connectivity index (χ4n) is 3.14. The molecular weight excluding hydrogens is 222 g/mol. The predicted octanol–water partition coefficient (Wildman–Crippen LogP) is 3.35. The van der Waals surface area contributed by atoms with Crippen LogP contribution in [0, 0.1) is 5.92 Å². The van der Waals surface area contributed by atoms with E-state index in [1.165, 1.54) is 44.3 Å². The third-order valence-electron chi connectivity index (χ3n) is 4.22. The van der Waals surface area contributed by atoms with Gasteiger partial charge in [-0.05, 0) is 25.2 Å². The smallest absolute Gasteiger partial charge is 0.122 e. The number of aryl methyl sites for hydroxylation is 1. The Morgan fingerprint density at radius 3 is 2.94 bits per heavy atom. The van der Waals surface area contributed by atoms with Gasteiger partial charge in [-0.2, -0.15) is 0 Å². The summed E-state index contributed by atoms with van der Waals surface area (Å²) in [5.74, 6) is 2.06. The van der Waals surface area contributed by atoms with Gasteiger partial charge in [-0.3, -0.25) is 0 Å². The Morgan fingerprint density at radius 1 is 1.33 bits per heavy atom. The van der Waals surface area contributed by atoms with Crippen molar-refractivity contribution in [2.75, 3.05) is 0 Å². The van der Waals surface area contributed by atoms with Gasteiger partial charge in [0.2, 0.25) is 0 Å². The van der Waals surface area contributed by atoms with E-state index in [-0.39, 0.29) is 0 Å². The van der Waals surface area contributed by atoms with Crippen LogP contribution in [0.25, 0.3) is 0 Å². The lowest BCUT2D eigenvalue weighted by Gasteiger charge is -2.31. The predicted molar refractivity (Wildman–Crippen MR) is 75.4 cm³/mol. The van der Waals surface area contributed by atoms with E-state index in [1.807, 2.05) is 6.20 Å². The van der Waals surface area contributed by atoms with E-state index in [2.05, 4.69) is 34.9 Å². The van der Waals surface area contributed by atoms with Crippen LogP contribution in [0.5, 0.6) is 0 Å². The lowest BCUT2D eigenvalue weighted by Crippen LogP contribution is -2.38. The Hall–Kier alpha value is -0.830. The highest BCUT2D eigenvalue weighted by atomic mass is 15.1. The topological polar surface area (TPSA) is 29.9 Å². The van der Waals surface area contributed by atoms with Crippen molar-refractivity contribution in [2.24, 2.45) is 5.92 Å². The average molecular weight is 249 g/mol. The van der Waals surface area contributed by atoms with Crippen LogP contribution in [-0.4, -0.2) is 15.6 Å². The Bertz CT molecular complexity index is 345. The van der Waals surface area contributed by atoms with E-state index in [0.29, 0.717) is 6.04 Å². The number of imidazole rings is 1. The average Bonchev–Trinajstić information content (AvgIpc) is 2.84. The molecule has 1 aromatic rings. The maximum atomic E-state index is 4.47. The molecule has 0 amide bonds. The quantitative estimate of drug-likeness (QED) is 0.838. The summed E-state index contributed by atoms with van der Waals surface area (Å²) < 4.78 is 2.27. The minimum absolute atomic E-state index is 0.704. The maximum Gasteiger partial charge on any atom is 0.122 e. The number of hydrogen-bond donors (Lipinski definition) is 1. The molecule has 102 valence electrons. The van der Waals surface area contributed by atoms with Crippen molar-refractivity contribution in [3.05, 3.63) is 18.2 Å². The molecule has 1 N–H and O–H groups in total. The molecule has 0 aliphatic heterocycles. The second kappa shape index (κ2) is 6.93. The number of nitrogens with one attached hydrogen (secondary N) is 1. The third kappa shape index (κ3) is 3.35. The van der Waals surface area contributed by atoms with Gasteiger partial charge >= 0.3 is 0 Å². The van der Waals surface area contributed by atoms with Crippen molar-refractivity contribution in [1.29, 1.82) is 0 Å². The standard InChI is InChI=1S/C15H27N3/c1-3-10-18-11-9-16-15(18)12-17-14-8-6-5-7-13(14)4-2/h9,11,13-14,17H,3-8,10,12H2,1-2H3. The first-order valence-electron chi connectivity index (χ1n) is 7.58. The maximum absolute atomic E-state index is 4.47. The summed E-state index contributed by atoms with van der Waals surface area (Å²) in [5, 5.41) is 3.74. The van der Waals surface area contributed by atoms with Crippen LogP contribution in [-0.2, 0) is 13.1 Å². The van der Waals surface area contributed by atoms with Gasteiger partial charge in [0.05, 0.1) is 6.54 Å². The van der Waals surface area contributed by atoms with Crippen LogP contribution >= 0.6 is 0 Å². The van der Waals surface area contributed by atoms with E-state index in [1.54, 1.807) is 0 Å². The lowest BCUT2D eigenvalue weighted by atomic mass is 9.83. The Morgan fingerprint density at radius 2 is 2.17 bits per heavy atom. The van der Waals surface area contributed by atoms with Crippen LogP contribution in [0.1, 0.15) is 58.2 Å². The van der Waals surface area contributed by atoms with Crippen LogP contribution in [0.15, 0.2) is 12.4 Å². The summed E-state index contributed by atoms with van der Waals surface area (Å²) in [6.07, 6.45) is 12.0. The Labute approximate surface area is 111 Å². The largest absolute Gasteiger partial charge is 0.334 e. The SMILES string of the molecule is CCCn1ccnc1CNC1CCCCC1CC. The van der Waals surface area contributed by atoms with Gasteiger partial charge in [0.15, 0.2) is 0 Å². The minimum Gasteiger partial charge on any atom is -0.334 e. The summed E-state index contributed by atoms with van der Waals surface area (Å²) in [6.45, 7) is 6.54. The molecule has 0 aromatic carbocycles. The van der Waals surface area contributed by atoms with Crippen LogP contribution in [0.2, 0.25) is 0 Å². The molecule has 0 saturated heterocycles. The Kier molecular flexibility index (Phi) is 5.24. The van der Waals surface area contributed by atoms with Gasteiger partial charge in [0, 0.05) is 25.0 Å². The summed E-state index contributed by atoms with van der Waals surface area (Å²) in [6, 6.07) is 0.704. The lowest BCUT2D eigenvalue weighted by molar-refractivity contribution is 0.252. The fourth-order valence-corrected chi connectivity index (χ4v) is 3.14. The molecule has 3 nitrogen and oxygen atoms in total. The first kappa shape index (κ1) is 13.6. The molecule has 0 radical (unpaired) electrons. The van der Waals surface area contributed by atoms with Crippen molar-refractivity contribution in [3.8, 4) is 0 Å².